The van der Waals surface area contributed by atoms with Gasteiger partial charge in [0.2, 0.25) is 0 Å². The van der Waals surface area contributed by atoms with Gasteiger partial charge in [-0.25, -0.2) is 0 Å². The van der Waals surface area contributed by atoms with Gasteiger partial charge in [0.05, 0.1) is 5.56 Å². The number of aromatic hydroxyl groups is 1. The van der Waals surface area contributed by atoms with Crippen LogP contribution in [-0.4, -0.2) is 10.9 Å². The molecule has 18 heavy (non-hydrogen) atoms. The van der Waals surface area contributed by atoms with Gasteiger partial charge in [0.15, 0.2) is 5.78 Å². The van der Waals surface area contributed by atoms with E-state index in [0.717, 1.165) is 5.56 Å². The molecule has 3 N–H and O–H groups in total. The third kappa shape index (κ3) is 2.07. The molecule has 0 bridgehead atoms. The molecule has 0 aliphatic heterocycles. The number of benzene rings is 2. The van der Waals surface area contributed by atoms with Gasteiger partial charge in [-0.2, -0.15) is 0 Å². The smallest absolute Gasteiger partial charge is 0.198 e. The highest BCUT2D eigenvalue weighted by atomic mass is 16.3. The number of nitrogen functional groups attached to an aromatic ring is 1. The molecule has 3 heteroatoms. The largest absolute Gasteiger partial charge is 0.507 e. The van der Waals surface area contributed by atoms with Crippen molar-refractivity contribution in [3.63, 3.8) is 0 Å². The van der Waals surface area contributed by atoms with E-state index in [1.54, 1.807) is 37.3 Å². The Balaban J connectivity index is 2.57. The van der Waals surface area contributed by atoms with Gasteiger partial charge in [-0.05, 0) is 43.2 Å². The van der Waals surface area contributed by atoms with Crippen LogP contribution in [-0.2, 0) is 0 Å². The van der Waals surface area contributed by atoms with Gasteiger partial charge in [0, 0.05) is 11.3 Å². The van der Waals surface area contributed by atoms with Gasteiger partial charge in [-0.1, -0.05) is 18.2 Å². The second-order valence-corrected chi connectivity index (χ2v) is 4.39. The van der Waals surface area contributed by atoms with Gasteiger partial charge in [0.1, 0.15) is 5.75 Å². The summed E-state index contributed by atoms with van der Waals surface area (Å²) in [5.41, 5.74) is 8.53. The minimum Gasteiger partial charge on any atom is -0.507 e. The first-order chi connectivity index (χ1) is 8.50. The van der Waals surface area contributed by atoms with Crippen molar-refractivity contribution < 1.29 is 9.90 Å². The first-order valence-electron chi connectivity index (χ1n) is 5.70. The second kappa shape index (κ2) is 4.53. The Kier molecular flexibility index (Phi) is 3.06. The average molecular weight is 241 g/mol. The summed E-state index contributed by atoms with van der Waals surface area (Å²) < 4.78 is 0. The normalized spacial score (nSPS) is 10.3. The fraction of sp³-hybridized carbons (Fsp3) is 0.133. The van der Waals surface area contributed by atoms with Crippen LogP contribution in [0.15, 0.2) is 36.4 Å². The van der Waals surface area contributed by atoms with E-state index in [9.17, 15) is 9.90 Å². The van der Waals surface area contributed by atoms with Crippen LogP contribution in [0.4, 0.5) is 5.69 Å². The molecule has 0 radical (unpaired) electrons. The van der Waals surface area contributed by atoms with Crippen molar-refractivity contribution in [3.8, 4) is 5.75 Å². The van der Waals surface area contributed by atoms with Gasteiger partial charge >= 0.3 is 0 Å². The molecule has 2 aromatic rings. The van der Waals surface area contributed by atoms with Crippen LogP contribution in [0, 0.1) is 13.8 Å². The molecule has 0 unspecified atom stereocenters. The summed E-state index contributed by atoms with van der Waals surface area (Å²) in [7, 11) is 0. The van der Waals surface area contributed by atoms with Crippen molar-refractivity contribution in [2.75, 3.05) is 5.73 Å². The Morgan fingerprint density at radius 1 is 1.11 bits per heavy atom. The maximum Gasteiger partial charge on any atom is 0.198 e. The highest BCUT2D eigenvalue weighted by Gasteiger charge is 2.17. The van der Waals surface area contributed by atoms with E-state index < -0.39 is 0 Å². The molecule has 0 spiro atoms. The maximum absolute atomic E-state index is 12.4. The quantitative estimate of drug-likeness (QED) is 0.627. The lowest BCUT2D eigenvalue weighted by molar-refractivity contribution is 0.103. The SMILES string of the molecule is Cc1cc(C)c(O)c(C(=O)c2ccccc2N)c1. The number of nitrogens with two attached hydrogens (primary N) is 1. The number of hydrogen-bond donors (Lipinski definition) is 2. The number of carbonyl (C=O) groups is 1. The van der Waals surface area contributed by atoms with Crippen LogP contribution >= 0.6 is 0 Å². The average Bonchev–Trinajstić information content (AvgIpc) is 2.33. The summed E-state index contributed by atoms with van der Waals surface area (Å²) >= 11 is 0. The maximum atomic E-state index is 12.4. The number of hydrogen-bond acceptors (Lipinski definition) is 3. The fourth-order valence-corrected chi connectivity index (χ4v) is 1.98. The predicted octanol–water partition coefficient (Wildman–Crippen LogP) is 2.82. The lowest BCUT2D eigenvalue weighted by Crippen LogP contribution is -2.06. The number of anilines is 1. The van der Waals surface area contributed by atoms with Gasteiger partial charge < -0.3 is 10.8 Å². The molecule has 0 saturated carbocycles. The zero-order valence-corrected chi connectivity index (χ0v) is 10.4. The zero-order chi connectivity index (χ0) is 13.3. The number of ketones is 1. The molecule has 0 aromatic heterocycles. The number of aryl methyl sites for hydroxylation is 2. The second-order valence-electron chi connectivity index (χ2n) is 4.39. The Bertz CT molecular complexity index is 618. The Morgan fingerprint density at radius 3 is 2.44 bits per heavy atom. The summed E-state index contributed by atoms with van der Waals surface area (Å²) in [4.78, 5) is 12.4. The van der Waals surface area contributed by atoms with E-state index in [4.69, 9.17) is 5.73 Å². The van der Waals surface area contributed by atoms with E-state index in [0.29, 0.717) is 22.4 Å². The van der Waals surface area contributed by atoms with Crippen molar-refractivity contribution >= 4 is 11.5 Å². The Morgan fingerprint density at radius 2 is 1.78 bits per heavy atom. The number of rotatable bonds is 2. The third-order valence-corrected chi connectivity index (χ3v) is 2.89. The van der Waals surface area contributed by atoms with Gasteiger partial charge in [-0.15, -0.1) is 0 Å². The third-order valence-electron chi connectivity index (χ3n) is 2.89. The summed E-state index contributed by atoms with van der Waals surface area (Å²) in [5, 5.41) is 9.98. The summed E-state index contributed by atoms with van der Waals surface area (Å²) in [6.45, 7) is 3.66. The van der Waals surface area contributed by atoms with E-state index in [2.05, 4.69) is 0 Å². The molecule has 0 amide bonds. The number of phenols is 1. The molecule has 0 aliphatic rings. The van der Waals surface area contributed by atoms with Crippen LogP contribution in [0.3, 0.4) is 0 Å². The van der Waals surface area contributed by atoms with Gasteiger partial charge in [0.25, 0.3) is 0 Å². The van der Waals surface area contributed by atoms with Crippen molar-refractivity contribution in [1.29, 1.82) is 0 Å². The van der Waals surface area contributed by atoms with E-state index >= 15 is 0 Å². The van der Waals surface area contributed by atoms with Crippen molar-refractivity contribution in [3.05, 3.63) is 58.7 Å². The lowest BCUT2D eigenvalue weighted by atomic mass is 9.97. The molecule has 0 atom stereocenters. The number of carbonyl (C=O) groups excluding carboxylic acids is 1. The van der Waals surface area contributed by atoms with E-state index in [1.807, 2.05) is 13.0 Å². The van der Waals surface area contributed by atoms with E-state index in [1.165, 1.54) is 0 Å². The van der Waals surface area contributed by atoms with E-state index in [-0.39, 0.29) is 11.5 Å². The summed E-state index contributed by atoms with van der Waals surface area (Å²) in [5.74, 6) is -0.230. The molecular formula is C15H15NO2. The number of phenolic OH excluding ortho intramolecular Hbond substituents is 1. The minimum atomic E-state index is -0.252. The van der Waals surface area contributed by atoms with Crippen LogP contribution < -0.4 is 5.73 Å². The predicted molar refractivity (Wildman–Crippen MR) is 71.9 cm³/mol. The topological polar surface area (TPSA) is 63.3 Å². The molecule has 92 valence electrons. The lowest BCUT2D eigenvalue weighted by Gasteiger charge is -2.09. The summed E-state index contributed by atoms with van der Waals surface area (Å²) in [6, 6.07) is 10.4. The standard InChI is InChI=1S/C15H15NO2/c1-9-7-10(2)14(17)12(8-9)15(18)11-5-3-4-6-13(11)16/h3-8,17H,16H2,1-2H3. The molecule has 0 aliphatic carbocycles. The Labute approximate surface area is 106 Å². The zero-order valence-electron chi connectivity index (χ0n) is 10.4. The summed E-state index contributed by atoms with van der Waals surface area (Å²) in [6.07, 6.45) is 0. The molecule has 2 aromatic carbocycles. The highest BCUT2D eigenvalue weighted by molar-refractivity contribution is 6.13. The van der Waals surface area contributed by atoms with Crippen molar-refractivity contribution in [2.45, 2.75) is 13.8 Å². The van der Waals surface area contributed by atoms with Crippen molar-refractivity contribution in [2.24, 2.45) is 0 Å². The molecular weight excluding hydrogens is 226 g/mol. The van der Waals surface area contributed by atoms with Crippen LogP contribution in [0.1, 0.15) is 27.0 Å². The molecule has 3 nitrogen and oxygen atoms in total. The van der Waals surface area contributed by atoms with Crippen molar-refractivity contribution in [1.82, 2.24) is 0 Å². The van der Waals surface area contributed by atoms with Gasteiger partial charge in [-0.3, -0.25) is 4.79 Å². The highest BCUT2D eigenvalue weighted by Crippen LogP contribution is 2.27. The minimum absolute atomic E-state index is 0.0221. The monoisotopic (exact) mass is 241 g/mol. The number of para-hydroxylation sites is 1. The molecule has 0 saturated heterocycles. The van der Waals surface area contributed by atoms with Crippen LogP contribution in [0.25, 0.3) is 0 Å². The molecule has 2 rings (SSSR count). The Hall–Kier alpha value is -2.29. The van der Waals surface area contributed by atoms with Crippen LogP contribution in [0.5, 0.6) is 5.75 Å². The molecule has 0 heterocycles. The first kappa shape index (κ1) is 12.2. The first-order valence-corrected chi connectivity index (χ1v) is 5.70. The van der Waals surface area contributed by atoms with Crippen LogP contribution in [0.2, 0.25) is 0 Å². The fourth-order valence-electron chi connectivity index (χ4n) is 1.98. The molecule has 0 fully saturated rings.